The molecule has 128 valence electrons. The van der Waals surface area contributed by atoms with E-state index in [2.05, 4.69) is 26.7 Å². The van der Waals surface area contributed by atoms with Crippen molar-refractivity contribution in [3.63, 3.8) is 0 Å². The summed E-state index contributed by atoms with van der Waals surface area (Å²) in [4.78, 5) is 20.5. The summed E-state index contributed by atoms with van der Waals surface area (Å²) >= 11 is 11.8. The van der Waals surface area contributed by atoms with Crippen molar-refractivity contribution in [1.82, 2.24) is 9.97 Å². The number of hydrogen-bond donors (Lipinski definition) is 2. The van der Waals surface area contributed by atoms with Gasteiger partial charge < -0.3 is 10.6 Å². The topological polar surface area (TPSA) is 90.7 Å². The van der Waals surface area contributed by atoms with E-state index in [1.54, 1.807) is 42.5 Å². The van der Waals surface area contributed by atoms with Crippen LogP contribution in [0.25, 0.3) is 0 Å². The Labute approximate surface area is 159 Å². The number of hydrogen-bond acceptors (Lipinski definition) is 5. The Kier molecular flexibility index (Phi) is 5.32. The van der Waals surface area contributed by atoms with Crippen LogP contribution in [0.1, 0.15) is 16.1 Å². The molecule has 26 heavy (non-hydrogen) atoms. The van der Waals surface area contributed by atoms with Gasteiger partial charge in [-0.15, -0.1) is 0 Å². The quantitative estimate of drug-likeness (QED) is 0.683. The Balaban J connectivity index is 1.69. The molecular formula is C18H11Cl2N5O. The lowest BCUT2D eigenvalue weighted by molar-refractivity contribution is 0.102. The fourth-order valence-corrected chi connectivity index (χ4v) is 2.39. The number of nitrogens with one attached hydrogen (secondary N) is 2. The molecule has 0 aliphatic rings. The Morgan fingerprint density at radius 2 is 1.85 bits per heavy atom. The number of carbonyl (C=O) groups excluding carboxylic acids is 1. The molecule has 0 spiro atoms. The predicted octanol–water partition coefficient (Wildman–Crippen LogP) is 4.65. The summed E-state index contributed by atoms with van der Waals surface area (Å²) in [6.45, 7) is 0. The molecule has 3 rings (SSSR count). The third-order valence-corrected chi connectivity index (χ3v) is 4.07. The molecule has 0 unspecified atom stereocenters. The molecular weight excluding hydrogens is 373 g/mol. The predicted molar refractivity (Wildman–Crippen MR) is 101 cm³/mol. The first-order chi connectivity index (χ1) is 12.5. The van der Waals surface area contributed by atoms with E-state index in [0.29, 0.717) is 32.8 Å². The molecule has 2 aromatic carbocycles. The van der Waals surface area contributed by atoms with E-state index in [0.717, 1.165) is 0 Å². The SMILES string of the molecule is N#Cc1cccc(Nc2cnc(C(=O)Nc3ccc(Cl)c(Cl)c3)cn2)c1. The van der Waals surface area contributed by atoms with E-state index in [-0.39, 0.29) is 5.69 Å². The van der Waals surface area contributed by atoms with Gasteiger partial charge in [-0.25, -0.2) is 9.97 Å². The third-order valence-electron chi connectivity index (χ3n) is 3.33. The van der Waals surface area contributed by atoms with E-state index in [1.165, 1.54) is 12.4 Å². The first kappa shape index (κ1) is 17.7. The van der Waals surface area contributed by atoms with Gasteiger partial charge in [-0.2, -0.15) is 5.26 Å². The Hall–Kier alpha value is -3.14. The average Bonchev–Trinajstić information content (AvgIpc) is 2.65. The Bertz CT molecular complexity index is 999. The van der Waals surface area contributed by atoms with Gasteiger partial charge in [-0.05, 0) is 36.4 Å². The van der Waals surface area contributed by atoms with Crippen molar-refractivity contribution in [1.29, 1.82) is 5.26 Å². The number of amides is 1. The lowest BCUT2D eigenvalue weighted by Crippen LogP contribution is -2.14. The van der Waals surface area contributed by atoms with Crippen LogP contribution in [0.15, 0.2) is 54.9 Å². The van der Waals surface area contributed by atoms with Crippen LogP contribution in [0.2, 0.25) is 10.0 Å². The summed E-state index contributed by atoms with van der Waals surface area (Å²) in [6, 6.07) is 13.8. The number of halogens is 2. The molecule has 0 fully saturated rings. The van der Waals surface area contributed by atoms with Gasteiger partial charge in [0.2, 0.25) is 0 Å². The molecule has 0 aliphatic carbocycles. The summed E-state index contributed by atoms with van der Waals surface area (Å²) in [5, 5.41) is 15.3. The van der Waals surface area contributed by atoms with Crippen LogP contribution in [-0.2, 0) is 0 Å². The van der Waals surface area contributed by atoms with Crippen LogP contribution < -0.4 is 10.6 Å². The average molecular weight is 384 g/mol. The van der Waals surface area contributed by atoms with Crippen molar-refractivity contribution in [3.8, 4) is 6.07 Å². The highest BCUT2D eigenvalue weighted by atomic mass is 35.5. The van der Waals surface area contributed by atoms with Crippen molar-refractivity contribution < 1.29 is 4.79 Å². The maximum absolute atomic E-state index is 12.2. The minimum absolute atomic E-state index is 0.146. The summed E-state index contributed by atoms with van der Waals surface area (Å²) < 4.78 is 0. The Morgan fingerprint density at radius 1 is 1.00 bits per heavy atom. The van der Waals surface area contributed by atoms with E-state index < -0.39 is 5.91 Å². The van der Waals surface area contributed by atoms with Gasteiger partial charge in [-0.3, -0.25) is 4.79 Å². The zero-order valence-electron chi connectivity index (χ0n) is 13.2. The molecule has 6 nitrogen and oxygen atoms in total. The second-order valence-corrected chi connectivity index (χ2v) is 6.00. The number of benzene rings is 2. The van der Waals surface area contributed by atoms with Gasteiger partial charge in [0, 0.05) is 11.4 Å². The lowest BCUT2D eigenvalue weighted by Gasteiger charge is -2.07. The smallest absolute Gasteiger partial charge is 0.275 e. The summed E-state index contributed by atoms with van der Waals surface area (Å²) in [7, 11) is 0. The zero-order chi connectivity index (χ0) is 18.5. The van der Waals surface area contributed by atoms with Gasteiger partial charge >= 0.3 is 0 Å². The molecule has 8 heteroatoms. The fourth-order valence-electron chi connectivity index (χ4n) is 2.09. The number of nitrogens with zero attached hydrogens (tertiary/aromatic N) is 3. The standard InChI is InChI=1S/C18H11Cl2N5O/c19-14-5-4-13(7-15(14)20)25-18(26)16-9-23-17(10-22-16)24-12-3-1-2-11(6-12)8-21/h1-7,9-10H,(H,23,24)(H,25,26). The molecule has 0 aliphatic heterocycles. The van der Waals surface area contributed by atoms with Crippen LogP contribution in [0.3, 0.4) is 0 Å². The van der Waals surface area contributed by atoms with Gasteiger partial charge in [-0.1, -0.05) is 29.3 Å². The van der Waals surface area contributed by atoms with Crippen molar-refractivity contribution in [3.05, 3.63) is 76.2 Å². The summed E-state index contributed by atoms with van der Waals surface area (Å²) in [6.07, 6.45) is 2.78. The van der Waals surface area contributed by atoms with Crippen molar-refractivity contribution >= 4 is 46.3 Å². The maximum atomic E-state index is 12.2. The number of rotatable bonds is 4. The van der Waals surface area contributed by atoms with Crippen LogP contribution in [0, 0.1) is 11.3 Å². The molecule has 3 aromatic rings. The van der Waals surface area contributed by atoms with E-state index in [4.69, 9.17) is 28.5 Å². The number of carbonyl (C=O) groups is 1. The number of nitriles is 1. The molecule has 0 bridgehead atoms. The van der Waals surface area contributed by atoms with Crippen LogP contribution in [-0.4, -0.2) is 15.9 Å². The number of anilines is 3. The minimum atomic E-state index is -0.422. The summed E-state index contributed by atoms with van der Waals surface area (Å²) in [5.74, 6) is 0.0279. The first-order valence-electron chi connectivity index (χ1n) is 7.41. The third kappa shape index (κ3) is 4.28. The van der Waals surface area contributed by atoms with Gasteiger partial charge in [0.1, 0.15) is 11.5 Å². The van der Waals surface area contributed by atoms with Crippen molar-refractivity contribution in [2.45, 2.75) is 0 Å². The van der Waals surface area contributed by atoms with Gasteiger partial charge in [0.05, 0.1) is 34.1 Å². The second-order valence-electron chi connectivity index (χ2n) is 5.19. The van der Waals surface area contributed by atoms with Crippen LogP contribution >= 0.6 is 23.2 Å². The van der Waals surface area contributed by atoms with Crippen molar-refractivity contribution in [2.24, 2.45) is 0 Å². The molecule has 2 N–H and O–H groups in total. The maximum Gasteiger partial charge on any atom is 0.275 e. The molecule has 0 radical (unpaired) electrons. The van der Waals surface area contributed by atoms with Gasteiger partial charge in [0.25, 0.3) is 5.91 Å². The van der Waals surface area contributed by atoms with E-state index in [9.17, 15) is 4.79 Å². The van der Waals surface area contributed by atoms with Crippen LogP contribution in [0.5, 0.6) is 0 Å². The highest BCUT2D eigenvalue weighted by molar-refractivity contribution is 6.42. The highest BCUT2D eigenvalue weighted by Crippen LogP contribution is 2.25. The molecule has 0 saturated carbocycles. The minimum Gasteiger partial charge on any atom is -0.339 e. The largest absolute Gasteiger partial charge is 0.339 e. The Morgan fingerprint density at radius 3 is 2.54 bits per heavy atom. The second kappa shape index (κ2) is 7.83. The molecule has 1 amide bonds. The lowest BCUT2D eigenvalue weighted by atomic mass is 10.2. The van der Waals surface area contributed by atoms with E-state index in [1.807, 2.05) is 0 Å². The monoisotopic (exact) mass is 383 g/mol. The normalized spacial score (nSPS) is 10.0. The fraction of sp³-hybridized carbons (Fsp3) is 0. The molecule has 0 atom stereocenters. The van der Waals surface area contributed by atoms with Crippen molar-refractivity contribution in [2.75, 3.05) is 10.6 Å². The molecule has 1 aromatic heterocycles. The summed E-state index contributed by atoms with van der Waals surface area (Å²) in [5.41, 5.74) is 1.88. The highest BCUT2D eigenvalue weighted by Gasteiger charge is 2.10. The van der Waals surface area contributed by atoms with Gasteiger partial charge in [0.15, 0.2) is 0 Å². The first-order valence-corrected chi connectivity index (χ1v) is 8.16. The molecule has 0 saturated heterocycles. The molecule has 1 heterocycles. The number of aromatic nitrogens is 2. The van der Waals surface area contributed by atoms with Crippen LogP contribution in [0.4, 0.5) is 17.2 Å². The van der Waals surface area contributed by atoms with E-state index >= 15 is 0 Å². The zero-order valence-corrected chi connectivity index (χ0v) is 14.7.